The molecule has 0 unspecified atom stereocenters. The van der Waals surface area contributed by atoms with Crippen LogP contribution in [0.1, 0.15) is 0 Å². The van der Waals surface area contributed by atoms with E-state index in [0.717, 1.165) is 0 Å². The Morgan fingerprint density at radius 2 is 2.60 bits per heavy atom. The summed E-state index contributed by atoms with van der Waals surface area (Å²) < 4.78 is 0. The number of rotatable bonds is 0. The van der Waals surface area contributed by atoms with Crippen LogP contribution in [0.2, 0.25) is 0 Å². The zero-order valence-electron chi connectivity index (χ0n) is 2.81. The zero-order chi connectivity index (χ0) is 3.54. The van der Waals surface area contributed by atoms with Crippen LogP contribution in [-0.2, 0) is 0 Å². The molecule has 5 heavy (non-hydrogen) atoms. The molecule has 1 rings (SSSR count). The molecule has 1 aromatic rings. The molecule has 0 aliphatic rings. The normalized spacial score (nSPS) is 7.20. The van der Waals surface area contributed by atoms with Crippen molar-refractivity contribution in [2.45, 2.75) is 0 Å². The molecule has 0 fully saturated rings. The molecule has 1 aromatic heterocycles. The molecular formula is C3H4BN. The summed E-state index contributed by atoms with van der Waals surface area (Å²) in [4.78, 5) is 2.86. The summed E-state index contributed by atoms with van der Waals surface area (Å²) in [6.45, 7) is 1.94. The van der Waals surface area contributed by atoms with Crippen LogP contribution in [0.4, 0.5) is 0 Å². The predicted octanol–water partition coefficient (Wildman–Crippen LogP) is 0.353. The van der Waals surface area contributed by atoms with Crippen molar-refractivity contribution in [2.24, 2.45) is 0 Å². The summed E-state index contributed by atoms with van der Waals surface area (Å²) >= 11 is 0. The van der Waals surface area contributed by atoms with Gasteiger partial charge >= 0.3 is 30.1 Å². The molecule has 0 spiro atoms. The van der Waals surface area contributed by atoms with Gasteiger partial charge in [-0.1, -0.05) is 0 Å². The summed E-state index contributed by atoms with van der Waals surface area (Å²) in [5, 5.41) is 0. The first-order valence-electron chi connectivity index (χ1n) is 1.58. The molecular weight excluding hydrogens is 60.9 g/mol. The molecule has 0 bridgehead atoms. The fraction of sp³-hybridized carbons (Fsp3) is 0. The average molecular weight is 64.9 g/mol. The maximum atomic E-state index is 2.86. The molecule has 0 aliphatic heterocycles. The summed E-state index contributed by atoms with van der Waals surface area (Å²) in [7, 11) is 0. The van der Waals surface area contributed by atoms with E-state index in [1.54, 1.807) is 0 Å². The first kappa shape index (κ1) is 2.70. The van der Waals surface area contributed by atoms with Gasteiger partial charge in [-0.2, -0.15) is 0 Å². The van der Waals surface area contributed by atoms with Crippen molar-refractivity contribution in [1.82, 2.24) is 4.98 Å². The van der Waals surface area contributed by atoms with Crippen LogP contribution in [-0.4, -0.2) is 11.9 Å². The van der Waals surface area contributed by atoms with E-state index in [1.165, 1.54) is 0 Å². The molecule has 2 heteroatoms. The van der Waals surface area contributed by atoms with Gasteiger partial charge in [-0.3, -0.25) is 0 Å². The third-order valence-electron chi connectivity index (χ3n) is 0.496. The van der Waals surface area contributed by atoms with E-state index < -0.39 is 0 Å². The predicted molar refractivity (Wildman–Crippen MR) is 22.1 cm³/mol. The number of nitrogens with one attached hydrogen (secondary N) is 1. The Morgan fingerprint density at radius 1 is 1.60 bits per heavy atom. The van der Waals surface area contributed by atoms with Crippen LogP contribution in [0.5, 0.6) is 0 Å². The first-order valence-corrected chi connectivity index (χ1v) is 1.58. The molecule has 0 saturated carbocycles. The topological polar surface area (TPSA) is 15.8 Å². The van der Waals surface area contributed by atoms with Gasteiger partial charge < -0.3 is 0 Å². The van der Waals surface area contributed by atoms with Crippen LogP contribution in [0.3, 0.4) is 0 Å². The molecule has 0 radical (unpaired) electrons. The molecule has 1 heterocycles. The third kappa shape index (κ3) is 0.378. The monoisotopic (exact) mass is 65.0 g/mol. The van der Waals surface area contributed by atoms with E-state index in [0.29, 0.717) is 0 Å². The number of hydrogen-bond donors (Lipinski definition) is 1. The fourth-order valence-corrected chi connectivity index (χ4v) is 0.278. The van der Waals surface area contributed by atoms with Crippen LogP contribution in [0.25, 0.3) is 0 Å². The Labute approximate surface area is 31.2 Å². The summed E-state index contributed by atoms with van der Waals surface area (Å²) in [6.07, 6.45) is 3.75. The standard InChI is InChI=1S/C3H4BN/c1-2-5-3-4-1/h1-3,5H. The Hall–Kier alpha value is -0.525. The minimum atomic E-state index is 1.88. The van der Waals surface area contributed by atoms with Crippen molar-refractivity contribution in [3.63, 3.8) is 0 Å². The molecule has 0 saturated heterocycles. The summed E-state index contributed by atoms with van der Waals surface area (Å²) in [5.41, 5.74) is 0. The van der Waals surface area contributed by atoms with Gasteiger partial charge in [0.25, 0.3) is 0 Å². The van der Waals surface area contributed by atoms with E-state index in [1.807, 2.05) is 25.2 Å². The van der Waals surface area contributed by atoms with E-state index in [9.17, 15) is 0 Å². The quantitative estimate of drug-likeness (QED) is 0.449. The van der Waals surface area contributed by atoms with E-state index in [-0.39, 0.29) is 0 Å². The van der Waals surface area contributed by atoms with Crippen molar-refractivity contribution in [2.75, 3.05) is 0 Å². The van der Waals surface area contributed by atoms with Crippen molar-refractivity contribution in [3.8, 4) is 0 Å². The van der Waals surface area contributed by atoms with E-state index in [4.69, 9.17) is 0 Å². The minimum absolute atomic E-state index is 1.88. The van der Waals surface area contributed by atoms with Gasteiger partial charge in [-0.15, -0.1) is 0 Å². The Morgan fingerprint density at radius 3 is 2.80 bits per heavy atom. The van der Waals surface area contributed by atoms with Crippen LogP contribution in [0, 0.1) is 0 Å². The van der Waals surface area contributed by atoms with Crippen LogP contribution >= 0.6 is 0 Å². The molecule has 24 valence electrons. The average Bonchev–Trinajstić information content (AvgIpc) is 1.76. The van der Waals surface area contributed by atoms with Gasteiger partial charge in [0.05, 0.1) is 0 Å². The molecule has 0 aliphatic carbocycles. The molecule has 0 aromatic carbocycles. The van der Waals surface area contributed by atoms with Gasteiger partial charge in [0.15, 0.2) is 0 Å². The second-order valence-corrected chi connectivity index (χ2v) is 0.885. The molecule has 0 atom stereocenters. The fourth-order valence-electron chi connectivity index (χ4n) is 0.278. The number of aromatic amines is 1. The van der Waals surface area contributed by atoms with Crippen molar-refractivity contribution >= 4 is 6.91 Å². The second kappa shape index (κ2) is 1.06. The SMILES string of the molecule is b1cc[nH]c1. The van der Waals surface area contributed by atoms with Gasteiger partial charge in [0, 0.05) is 0 Å². The van der Waals surface area contributed by atoms with Crippen molar-refractivity contribution in [3.05, 3.63) is 18.3 Å². The number of aromatic nitrogens is 1. The van der Waals surface area contributed by atoms with E-state index >= 15 is 0 Å². The zero-order valence-corrected chi connectivity index (χ0v) is 2.81. The first-order chi connectivity index (χ1) is 2.50. The molecule has 0 amide bonds. The van der Waals surface area contributed by atoms with Crippen LogP contribution in [0.15, 0.2) is 18.3 Å². The van der Waals surface area contributed by atoms with Crippen molar-refractivity contribution < 1.29 is 0 Å². The van der Waals surface area contributed by atoms with E-state index in [2.05, 4.69) is 4.98 Å². The van der Waals surface area contributed by atoms with Gasteiger partial charge in [0.2, 0.25) is 0 Å². The summed E-state index contributed by atoms with van der Waals surface area (Å²) in [6, 6.07) is 0. The second-order valence-electron chi connectivity index (χ2n) is 0.885. The Balaban J connectivity index is 3.13. The maximum absolute atomic E-state index is 2.86. The summed E-state index contributed by atoms with van der Waals surface area (Å²) in [5.74, 6) is 1.94. The molecule has 1 N–H and O–H groups in total. The van der Waals surface area contributed by atoms with Crippen molar-refractivity contribution in [1.29, 1.82) is 0 Å². The van der Waals surface area contributed by atoms with Crippen LogP contribution < -0.4 is 0 Å². The van der Waals surface area contributed by atoms with Gasteiger partial charge in [0.1, 0.15) is 0 Å². The van der Waals surface area contributed by atoms with Gasteiger partial charge in [-0.25, -0.2) is 0 Å². The van der Waals surface area contributed by atoms with Gasteiger partial charge in [-0.05, 0) is 0 Å². The molecule has 1 nitrogen and oxygen atoms in total. The number of H-pyrrole nitrogens is 1. The third-order valence-corrected chi connectivity index (χ3v) is 0.496. The Kier molecular flexibility index (Phi) is 0.574. The number of hydrogen-bond acceptors (Lipinski definition) is 0. The Bertz CT molecular complexity index is 63.4.